The van der Waals surface area contributed by atoms with E-state index in [1.54, 1.807) is 0 Å². The van der Waals surface area contributed by atoms with Gasteiger partial charge >= 0.3 is 0 Å². The molecule has 1 saturated heterocycles. The van der Waals surface area contributed by atoms with Crippen molar-refractivity contribution >= 4 is 22.5 Å². The van der Waals surface area contributed by atoms with Gasteiger partial charge in [0.15, 0.2) is 0 Å². The molecule has 0 bridgehead atoms. The van der Waals surface area contributed by atoms with E-state index in [0.717, 1.165) is 61.2 Å². The molecule has 3 aromatic rings. The summed E-state index contributed by atoms with van der Waals surface area (Å²) in [5.74, 6) is 1.38. The summed E-state index contributed by atoms with van der Waals surface area (Å²) in [7, 11) is 0. The molecule has 0 spiro atoms. The number of aryl methyl sites for hydroxylation is 1. The van der Waals surface area contributed by atoms with Crippen molar-refractivity contribution in [2.45, 2.75) is 31.8 Å². The molecule has 0 saturated carbocycles. The smallest absolute Gasteiger partial charge is 0.224 e. The molecule has 0 unspecified atom stereocenters. The van der Waals surface area contributed by atoms with Gasteiger partial charge in [-0.1, -0.05) is 35.9 Å². The van der Waals surface area contributed by atoms with E-state index >= 15 is 0 Å². The third-order valence-electron chi connectivity index (χ3n) is 5.60. The number of nitrogens with zero attached hydrogens (tertiary/aromatic N) is 3. The first-order valence-electron chi connectivity index (χ1n) is 10.1. The minimum atomic E-state index is -0.755. The maximum atomic E-state index is 11.0. The minimum absolute atomic E-state index is 0.610. The van der Waals surface area contributed by atoms with Crippen LogP contribution in [0, 0.1) is 6.92 Å². The lowest BCUT2D eigenvalue weighted by molar-refractivity contribution is -0.0265. The number of ether oxygens (including phenoxy) is 1. The normalized spacial score (nSPS) is 16.8. The molecule has 4 rings (SSSR count). The van der Waals surface area contributed by atoms with Crippen molar-refractivity contribution in [1.29, 1.82) is 0 Å². The molecule has 2 aromatic carbocycles. The monoisotopic (exact) mass is 411 g/mol. The van der Waals surface area contributed by atoms with Crippen LogP contribution in [-0.2, 0) is 5.60 Å². The minimum Gasteiger partial charge on any atom is -0.477 e. The summed E-state index contributed by atoms with van der Waals surface area (Å²) < 4.78 is 5.97. The molecule has 1 fully saturated rings. The molecule has 29 heavy (non-hydrogen) atoms. The third-order valence-corrected chi connectivity index (χ3v) is 5.85. The number of para-hydroxylation sites is 1. The predicted molar refractivity (Wildman–Crippen MR) is 115 cm³/mol. The summed E-state index contributed by atoms with van der Waals surface area (Å²) in [6, 6.07) is 15.5. The fraction of sp³-hybridized carbons (Fsp3) is 0.391. The van der Waals surface area contributed by atoms with Crippen LogP contribution in [0.3, 0.4) is 0 Å². The summed E-state index contributed by atoms with van der Waals surface area (Å²) >= 11 is 5.97. The fourth-order valence-corrected chi connectivity index (χ4v) is 4.05. The van der Waals surface area contributed by atoms with Gasteiger partial charge in [-0.05, 0) is 56.0 Å². The molecule has 1 aliphatic rings. The first kappa shape index (κ1) is 20.1. The van der Waals surface area contributed by atoms with Crippen molar-refractivity contribution in [3.8, 4) is 5.88 Å². The van der Waals surface area contributed by atoms with E-state index in [1.807, 2.05) is 55.5 Å². The topological polar surface area (TPSA) is 58.5 Å². The molecule has 0 aliphatic carbocycles. The Morgan fingerprint density at radius 3 is 2.55 bits per heavy atom. The average molecular weight is 412 g/mol. The van der Waals surface area contributed by atoms with Crippen molar-refractivity contribution in [3.63, 3.8) is 0 Å². The number of halogens is 1. The largest absolute Gasteiger partial charge is 0.477 e. The SMILES string of the molecule is Cc1nc(OCCCN2CCC(O)(c3ccc(Cl)cc3)CC2)c2ccccc2n1. The average Bonchev–Trinajstić information content (AvgIpc) is 2.73. The van der Waals surface area contributed by atoms with Gasteiger partial charge in [0.05, 0.1) is 23.1 Å². The van der Waals surface area contributed by atoms with Gasteiger partial charge in [0.25, 0.3) is 0 Å². The Labute approximate surface area is 176 Å². The van der Waals surface area contributed by atoms with Gasteiger partial charge in [-0.15, -0.1) is 0 Å². The second-order valence-corrected chi connectivity index (χ2v) is 8.11. The Kier molecular flexibility index (Phi) is 5.99. The van der Waals surface area contributed by atoms with E-state index in [-0.39, 0.29) is 0 Å². The Morgan fingerprint density at radius 1 is 1.07 bits per heavy atom. The third kappa shape index (κ3) is 4.69. The van der Waals surface area contributed by atoms with E-state index in [4.69, 9.17) is 16.3 Å². The number of rotatable bonds is 6. The number of hydrogen-bond donors (Lipinski definition) is 1. The Balaban J connectivity index is 1.27. The summed E-state index contributed by atoms with van der Waals surface area (Å²) in [4.78, 5) is 11.3. The molecule has 1 aromatic heterocycles. The zero-order chi connectivity index (χ0) is 20.3. The van der Waals surface area contributed by atoms with E-state index < -0.39 is 5.60 Å². The van der Waals surface area contributed by atoms with Crippen molar-refractivity contribution in [2.75, 3.05) is 26.2 Å². The van der Waals surface area contributed by atoms with Crippen LogP contribution >= 0.6 is 11.6 Å². The van der Waals surface area contributed by atoms with Crippen LogP contribution in [0.15, 0.2) is 48.5 Å². The van der Waals surface area contributed by atoms with Gasteiger partial charge in [-0.25, -0.2) is 4.98 Å². The maximum absolute atomic E-state index is 11.0. The molecule has 6 heteroatoms. The van der Waals surface area contributed by atoms with Crippen molar-refractivity contribution in [1.82, 2.24) is 14.9 Å². The van der Waals surface area contributed by atoms with E-state index in [1.165, 1.54) is 0 Å². The van der Waals surface area contributed by atoms with Gasteiger partial charge in [0.2, 0.25) is 5.88 Å². The highest BCUT2D eigenvalue weighted by Crippen LogP contribution is 2.33. The standard InChI is InChI=1S/C23H26ClN3O2/c1-17-25-21-6-3-2-5-20(21)22(26-17)29-16-4-13-27-14-11-23(28,12-15-27)18-7-9-19(24)10-8-18/h2-3,5-10,28H,4,11-16H2,1H3. The molecule has 0 amide bonds. The van der Waals surface area contributed by atoms with Crippen LogP contribution in [0.25, 0.3) is 10.9 Å². The molecule has 0 atom stereocenters. The molecule has 1 aliphatic heterocycles. The second-order valence-electron chi connectivity index (χ2n) is 7.68. The molecular formula is C23H26ClN3O2. The molecule has 1 N–H and O–H groups in total. The van der Waals surface area contributed by atoms with Crippen LogP contribution in [-0.4, -0.2) is 46.2 Å². The number of benzene rings is 2. The molecule has 5 nitrogen and oxygen atoms in total. The van der Waals surface area contributed by atoms with E-state index in [2.05, 4.69) is 14.9 Å². The molecule has 2 heterocycles. The lowest BCUT2D eigenvalue weighted by atomic mass is 9.84. The number of piperidine rings is 1. The Morgan fingerprint density at radius 2 is 1.79 bits per heavy atom. The van der Waals surface area contributed by atoms with Crippen molar-refractivity contribution < 1.29 is 9.84 Å². The van der Waals surface area contributed by atoms with Gasteiger partial charge in [0, 0.05) is 24.7 Å². The van der Waals surface area contributed by atoms with Crippen LogP contribution in [0.5, 0.6) is 5.88 Å². The first-order valence-corrected chi connectivity index (χ1v) is 10.5. The first-order chi connectivity index (χ1) is 14.0. The number of aliphatic hydroxyl groups is 1. The van der Waals surface area contributed by atoms with Crippen LogP contribution in [0.4, 0.5) is 0 Å². The highest BCUT2D eigenvalue weighted by atomic mass is 35.5. The zero-order valence-corrected chi connectivity index (χ0v) is 17.4. The summed E-state index contributed by atoms with van der Waals surface area (Å²) in [5, 5.41) is 12.6. The maximum Gasteiger partial charge on any atom is 0.224 e. The molecular weight excluding hydrogens is 386 g/mol. The summed E-state index contributed by atoms with van der Waals surface area (Å²) in [6.07, 6.45) is 2.37. The number of fused-ring (bicyclic) bond motifs is 1. The fourth-order valence-electron chi connectivity index (χ4n) is 3.92. The number of hydrogen-bond acceptors (Lipinski definition) is 5. The summed E-state index contributed by atoms with van der Waals surface area (Å²) in [5.41, 5.74) is 1.11. The van der Waals surface area contributed by atoms with E-state index in [0.29, 0.717) is 17.5 Å². The lowest BCUT2D eigenvalue weighted by Crippen LogP contribution is -2.43. The van der Waals surface area contributed by atoms with Gasteiger partial charge in [-0.2, -0.15) is 4.98 Å². The quantitative estimate of drug-likeness (QED) is 0.611. The summed E-state index contributed by atoms with van der Waals surface area (Å²) in [6.45, 7) is 5.18. The second kappa shape index (κ2) is 8.66. The number of aromatic nitrogens is 2. The predicted octanol–water partition coefficient (Wildman–Crippen LogP) is 4.34. The molecule has 0 radical (unpaired) electrons. The zero-order valence-electron chi connectivity index (χ0n) is 16.6. The Hall–Kier alpha value is -2.21. The van der Waals surface area contributed by atoms with Gasteiger partial charge in [-0.3, -0.25) is 0 Å². The lowest BCUT2D eigenvalue weighted by Gasteiger charge is -2.38. The van der Waals surface area contributed by atoms with E-state index in [9.17, 15) is 5.11 Å². The van der Waals surface area contributed by atoms with Crippen LogP contribution in [0.2, 0.25) is 5.02 Å². The van der Waals surface area contributed by atoms with Crippen molar-refractivity contribution in [3.05, 3.63) is 64.9 Å². The molecule has 152 valence electrons. The van der Waals surface area contributed by atoms with Crippen LogP contribution in [0.1, 0.15) is 30.7 Å². The number of likely N-dealkylation sites (tertiary alicyclic amines) is 1. The van der Waals surface area contributed by atoms with Gasteiger partial charge in [0.1, 0.15) is 5.82 Å². The highest BCUT2D eigenvalue weighted by Gasteiger charge is 2.33. The van der Waals surface area contributed by atoms with Crippen LogP contribution < -0.4 is 4.74 Å². The Bertz CT molecular complexity index is 970. The van der Waals surface area contributed by atoms with Gasteiger partial charge < -0.3 is 14.7 Å². The van der Waals surface area contributed by atoms with Crippen molar-refractivity contribution in [2.24, 2.45) is 0 Å². The highest BCUT2D eigenvalue weighted by molar-refractivity contribution is 6.30.